The first-order valence-corrected chi connectivity index (χ1v) is 9.43. The fraction of sp³-hybridized carbons (Fsp3) is 0.833. The fourth-order valence-corrected chi connectivity index (χ4v) is 3.84. The minimum absolute atomic E-state index is 0.00695. The summed E-state index contributed by atoms with van der Waals surface area (Å²) in [5, 5.41) is 7.05. The van der Waals surface area contributed by atoms with E-state index in [0.29, 0.717) is 30.8 Å². The molecule has 2 heterocycles. The molecule has 2 amide bonds. The van der Waals surface area contributed by atoms with Crippen molar-refractivity contribution in [1.29, 1.82) is 0 Å². The Balaban J connectivity index is 1.47. The zero-order chi connectivity index (χ0) is 17.9. The zero-order valence-electron chi connectivity index (χ0n) is 15.6. The van der Waals surface area contributed by atoms with Gasteiger partial charge < -0.3 is 19.5 Å². The van der Waals surface area contributed by atoms with Gasteiger partial charge in [0.2, 0.25) is 5.89 Å². The van der Waals surface area contributed by atoms with E-state index in [0.717, 1.165) is 25.7 Å². The molecule has 0 aromatic carbocycles. The molecule has 0 radical (unpaired) electrons. The van der Waals surface area contributed by atoms with Crippen molar-refractivity contribution in [1.82, 2.24) is 20.4 Å². The van der Waals surface area contributed by atoms with Crippen molar-refractivity contribution in [2.24, 2.45) is 5.92 Å². The van der Waals surface area contributed by atoms with E-state index >= 15 is 0 Å². The molecule has 1 aromatic heterocycles. The van der Waals surface area contributed by atoms with Gasteiger partial charge in [-0.2, -0.15) is 4.98 Å². The van der Waals surface area contributed by atoms with Gasteiger partial charge in [0.05, 0.1) is 18.2 Å². The SMILES string of the molecule is CC(C)Cc1noc(CN(C)C(=O)NC2COC3(CCCCC3)C2)n1. The zero-order valence-corrected chi connectivity index (χ0v) is 15.6. The molecule has 1 saturated heterocycles. The molecule has 1 atom stereocenters. The van der Waals surface area contributed by atoms with E-state index in [-0.39, 0.29) is 17.7 Å². The van der Waals surface area contributed by atoms with Crippen LogP contribution < -0.4 is 5.32 Å². The first-order chi connectivity index (χ1) is 12.0. The number of urea groups is 1. The van der Waals surface area contributed by atoms with Gasteiger partial charge >= 0.3 is 6.03 Å². The largest absolute Gasteiger partial charge is 0.373 e. The summed E-state index contributed by atoms with van der Waals surface area (Å²) in [5.41, 5.74) is 0.00695. The number of carbonyl (C=O) groups is 1. The van der Waals surface area contributed by atoms with Gasteiger partial charge in [-0.1, -0.05) is 38.3 Å². The highest BCUT2D eigenvalue weighted by Crippen LogP contribution is 2.39. The number of rotatable bonds is 5. The molecule has 1 aromatic rings. The van der Waals surface area contributed by atoms with Crippen molar-refractivity contribution in [2.45, 2.75) is 77.0 Å². The highest BCUT2D eigenvalue weighted by molar-refractivity contribution is 5.74. The van der Waals surface area contributed by atoms with Gasteiger partial charge in [-0.05, 0) is 25.2 Å². The number of nitrogens with one attached hydrogen (secondary N) is 1. The second kappa shape index (κ2) is 7.72. The standard InChI is InChI=1S/C18H30N4O3/c1-13(2)9-15-20-16(25-21-15)11-22(3)17(23)19-14-10-18(24-12-14)7-5-4-6-8-18/h13-14H,4-12H2,1-3H3,(H,19,23). The summed E-state index contributed by atoms with van der Waals surface area (Å²) in [6.45, 7) is 5.14. The highest BCUT2D eigenvalue weighted by atomic mass is 16.5. The lowest BCUT2D eigenvalue weighted by molar-refractivity contribution is -0.0246. The summed E-state index contributed by atoms with van der Waals surface area (Å²) in [4.78, 5) is 18.4. The van der Waals surface area contributed by atoms with Crippen LogP contribution in [0, 0.1) is 5.92 Å². The summed E-state index contributed by atoms with van der Waals surface area (Å²) >= 11 is 0. The topological polar surface area (TPSA) is 80.5 Å². The van der Waals surface area contributed by atoms with Crippen molar-refractivity contribution in [3.05, 3.63) is 11.7 Å². The van der Waals surface area contributed by atoms with Crippen molar-refractivity contribution in [3.63, 3.8) is 0 Å². The van der Waals surface area contributed by atoms with E-state index in [1.807, 2.05) is 0 Å². The van der Waals surface area contributed by atoms with Crippen molar-refractivity contribution in [3.8, 4) is 0 Å². The lowest BCUT2D eigenvalue weighted by Gasteiger charge is -2.32. The number of ether oxygens (including phenoxy) is 1. The van der Waals surface area contributed by atoms with Crippen LogP contribution in [0.4, 0.5) is 4.79 Å². The van der Waals surface area contributed by atoms with E-state index in [2.05, 4.69) is 29.3 Å². The van der Waals surface area contributed by atoms with Gasteiger partial charge in [0.15, 0.2) is 5.82 Å². The van der Waals surface area contributed by atoms with Crippen LogP contribution in [0.15, 0.2) is 4.52 Å². The smallest absolute Gasteiger partial charge is 0.317 e. The van der Waals surface area contributed by atoms with E-state index in [1.165, 1.54) is 19.3 Å². The van der Waals surface area contributed by atoms with Crippen LogP contribution in [0.5, 0.6) is 0 Å². The molecule has 2 aliphatic rings. The monoisotopic (exact) mass is 350 g/mol. The van der Waals surface area contributed by atoms with Crippen LogP contribution in [-0.2, 0) is 17.7 Å². The highest BCUT2D eigenvalue weighted by Gasteiger charge is 2.41. The molecule has 1 N–H and O–H groups in total. The molecule has 2 fully saturated rings. The Labute approximate surface area is 149 Å². The Morgan fingerprint density at radius 2 is 2.12 bits per heavy atom. The summed E-state index contributed by atoms with van der Waals surface area (Å²) < 4.78 is 11.3. The predicted octanol–water partition coefficient (Wildman–Crippen LogP) is 2.90. The molecule has 3 rings (SSSR count). The molecule has 1 unspecified atom stereocenters. The summed E-state index contributed by atoms with van der Waals surface area (Å²) in [7, 11) is 1.74. The Morgan fingerprint density at radius 1 is 1.36 bits per heavy atom. The fourth-order valence-electron chi connectivity index (χ4n) is 3.84. The average Bonchev–Trinajstić information content (AvgIpc) is 3.15. The molecule has 25 heavy (non-hydrogen) atoms. The van der Waals surface area contributed by atoms with Gasteiger partial charge in [-0.25, -0.2) is 4.79 Å². The minimum atomic E-state index is -0.120. The van der Waals surface area contributed by atoms with Crippen LogP contribution in [0.3, 0.4) is 0 Å². The van der Waals surface area contributed by atoms with Gasteiger partial charge in [0, 0.05) is 13.5 Å². The molecular weight excluding hydrogens is 320 g/mol. The molecule has 1 saturated carbocycles. The van der Waals surface area contributed by atoms with Gasteiger partial charge in [-0.15, -0.1) is 0 Å². The predicted molar refractivity (Wildman–Crippen MR) is 93.0 cm³/mol. The summed E-state index contributed by atoms with van der Waals surface area (Å²) in [5.74, 6) is 1.64. The Hall–Kier alpha value is -1.63. The van der Waals surface area contributed by atoms with Crippen molar-refractivity contribution >= 4 is 6.03 Å². The van der Waals surface area contributed by atoms with E-state index in [1.54, 1.807) is 11.9 Å². The van der Waals surface area contributed by atoms with Crippen LogP contribution in [0.25, 0.3) is 0 Å². The minimum Gasteiger partial charge on any atom is -0.373 e. The maximum Gasteiger partial charge on any atom is 0.317 e. The third-order valence-electron chi connectivity index (χ3n) is 5.12. The van der Waals surface area contributed by atoms with Crippen molar-refractivity contribution in [2.75, 3.05) is 13.7 Å². The molecule has 0 bridgehead atoms. The Morgan fingerprint density at radius 3 is 2.84 bits per heavy atom. The summed E-state index contributed by atoms with van der Waals surface area (Å²) in [6.07, 6.45) is 7.71. The maximum atomic E-state index is 12.4. The molecule has 7 heteroatoms. The Kier molecular flexibility index (Phi) is 5.61. The lowest BCUT2D eigenvalue weighted by Crippen LogP contribution is -2.43. The second-order valence-corrected chi connectivity index (χ2v) is 7.96. The number of hydrogen-bond donors (Lipinski definition) is 1. The molecule has 1 aliphatic heterocycles. The maximum absolute atomic E-state index is 12.4. The van der Waals surface area contributed by atoms with Gasteiger partial charge in [0.1, 0.15) is 6.54 Å². The van der Waals surface area contributed by atoms with E-state index in [9.17, 15) is 4.79 Å². The van der Waals surface area contributed by atoms with Crippen LogP contribution in [0.1, 0.15) is 64.1 Å². The first kappa shape index (κ1) is 18.2. The molecular formula is C18H30N4O3. The second-order valence-electron chi connectivity index (χ2n) is 7.96. The normalized spacial score (nSPS) is 22.5. The van der Waals surface area contributed by atoms with Gasteiger partial charge in [-0.3, -0.25) is 0 Å². The van der Waals surface area contributed by atoms with Crippen LogP contribution in [0.2, 0.25) is 0 Å². The lowest BCUT2D eigenvalue weighted by atomic mass is 9.82. The molecule has 1 aliphatic carbocycles. The Bertz CT molecular complexity index is 581. The van der Waals surface area contributed by atoms with E-state index < -0.39 is 0 Å². The van der Waals surface area contributed by atoms with Crippen molar-refractivity contribution < 1.29 is 14.1 Å². The number of amides is 2. The third-order valence-corrected chi connectivity index (χ3v) is 5.12. The number of carbonyl (C=O) groups excluding carboxylic acids is 1. The number of hydrogen-bond acceptors (Lipinski definition) is 5. The van der Waals surface area contributed by atoms with Crippen LogP contribution in [-0.4, -0.2) is 46.4 Å². The number of aromatic nitrogens is 2. The third kappa shape index (κ3) is 4.71. The summed E-state index contributed by atoms with van der Waals surface area (Å²) in [6, 6.07) is -0.0303. The molecule has 1 spiro atoms. The average molecular weight is 350 g/mol. The molecule has 140 valence electrons. The molecule has 7 nitrogen and oxygen atoms in total. The number of nitrogens with zero attached hydrogens (tertiary/aromatic N) is 3. The van der Waals surface area contributed by atoms with Gasteiger partial charge in [0.25, 0.3) is 0 Å². The quantitative estimate of drug-likeness (QED) is 0.883. The van der Waals surface area contributed by atoms with Crippen LogP contribution >= 0.6 is 0 Å². The first-order valence-electron chi connectivity index (χ1n) is 9.43. The van der Waals surface area contributed by atoms with E-state index in [4.69, 9.17) is 9.26 Å².